The van der Waals surface area contributed by atoms with Gasteiger partial charge in [-0.15, -0.1) is 11.3 Å². The summed E-state index contributed by atoms with van der Waals surface area (Å²) in [4.78, 5) is 2.59. The molecule has 7 aromatic rings. The van der Waals surface area contributed by atoms with Crippen LogP contribution in [0.3, 0.4) is 0 Å². The SMILES string of the molecule is Ic1ccc2c(c1)c1cc(-c3ccc(-c4ccc(-c5ccccc5)s4)cc3)ccc1n2-c1ccccc1. The van der Waals surface area contributed by atoms with Gasteiger partial charge in [0.2, 0.25) is 0 Å². The largest absolute Gasteiger partial charge is 0.309 e. The van der Waals surface area contributed by atoms with Gasteiger partial charge in [0.05, 0.1) is 11.0 Å². The lowest BCUT2D eigenvalue weighted by molar-refractivity contribution is 1.18. The van der Waals surface area contributed by atoms with Crippen LogP contribution in [0.4, 0.5) is 0 Å². The predicted molar refractivity (Wildman–Crippen MR) is 168 cm³/mol. The number of aromatic nitrogens is 1. The van der Waals surface area contributed by atoms with E-state index in [1.54, 1.807) is 0 Å². The fourth-order valence-electron chi connectivity index (χ4n) is 5.11. The van der Waals surface area contributed by atoms with Crippen LogP contribution in [0.15, 0.2) is 133 Å². The molecule has 3 heteroatoms. The maximum atomic E-state index is 2.41. The number of thiophene rings is 1. The summed E-state index contributed by atoms with van der Waals surface area (Å²) in [5.41, 5.74) is 8.65. The Morgan fingerprint density at radius 2 is 1.00 bits per heavy atom. The monoisotopic (exact) mass is 603 g/mol. The van der Waals surface area contributed by atoms with Crippen LogP contribution in [-0.4, -0.2) is 4.57 Å². The fraction of sp³-hybridized carbons (Fsp3) is 0. The van der Waals surface area contributed by atoms with Crippen molar-refractivity contribution in [3.63, 3.8) is 0 Å². The minimum absolute atomic E-state index is 1.19. The maximum Gasteiger partial charge on any atom is 0.0541 e. The molecule has 0 saturated carbocycles. The number of fused-ring (bicyclic) bond motifs is 3. The van der Waals surface area contributed by atoms with E-state index in [1.807, 2.05) is 11.3 Å². The van der Waals surface area contributed by atoms with Crippen LogP contribution in [0, 0.1) is 3.57 Å². The van der Waals surface area contributed by atoms with E-state index in [4.69, 9.17) is 0 Å². The van der Waals surface area contributed by atoms with Crippen molar-refractivity contribution in [2.45, 2.75) is 0 Å². The number of hydrogen-bond donors (Lipinski definition) is 0. The highest BCUT2D eigenvalue weighted by Crippen LogP contribution is 2.37. The highest BCUT2D eigenvalue weighted by atomic mass is 127. The van der Waals surface area contributed by atoms with Crippen LogP contribution in [0.2, 0.25) is 0 Å². The van der Waals surface area contributed by atoms with Gasteiger partial charge in [-0.3, -0.25) is 0 Å². The molecule has 0 aliphatic heterocycles. The van der Waals surface area contributed by atoms with E-state index in [2.05, 4.69) is 161 Å². The average molecular weight is 604 g/mol. The van der Waals surface area contributed by atoms with Gasteiger partial charge in [0.15, 0.2) is 0 Å². The summed E-state index contributed by atoms with van der Waals surface area (Å²) in [6, 6.07) is 48.3. The van der Waals surface area contributed by atoms with Gasteiger partial charge >= 0.3 is 0 Å². The van der Waals surface area contributed by atoms with E-state index in [-0.39, 0.29) is 0 Å². The molecule has 0 N–H and O–H groups in total. The number of hydrogen-bond acceptors (Lipinski definition) is 1. The second-order valence-corrected chi connectivity index (χ2v) is 11.5. The van der Waals surface area contributed by atoms with Gasteiger partial charge in [-0.05, 0) is 99.4 Å². The van der Waals surface area contributed by atoms with Crippen molar-refractivity contribution >= 4 is 55.7 Å². The first-order valence-corrected chi connectivity index (χ1v) is 14.2. The molecule has 176 valence electrons. The van der Waals surface area contributed by atoms with Crippen LogP contribution in [0.25, 0.3) is 59.5 Å². The van der Waals surface area contributed by atoms with E-state index >= 15 is 0 Å². The molecule has 0 unspecified atom stereocenters. The number of halogens is 1. The summed E-state index contributed by atoms with van der Waals surface area (Å²) in [6.07, 6.45) is 0. The van der Waals surface area contributed by atoms with Crippen molar-refractivity contribution in [2.24, 2.45) is 0 Å². The second kappa shape index (κ2) is 9.33. The Balaban J connectivity index is 1.29. The third-order valence-electron chi connectivity index (χ3n) is 6.91. The van der Waals surface area contributed by atoms with Crippen LogP contribution in [0.5, 0.6) is 0 Å². The molecule has 0 aliphatic carbocycles. The van der Waals surface area contributed by atoms with Crippen LogP contribution < -0.4 is 0 Å². The van der Waals surface area contributed by atoms with Gasteiger partial charge < -0.3 is 4.57 Å². The molecule has 0 radical (unpaired) electrons. The Bertz CT molecular complexity index is 1860. The zero-order valence-electron chi connectivity index (χ0n) is 19.9. The number of benzene rings is 5. The number of para-hydroxylation sites is 1. The van der Waals surface area contributed by atoms with Gasteiger partial charge in [-0.25, -0.2) is 0 Å². The van der Waals surface area contributed by atoms with Gasteiger partial charge in [0.1, 0.15) is 0 Å². The molecular formula is C34H22INS. The minimum Gasteiger partial charge on any atom is -0.309 e. The molecule has 0 atom stereocenters. The lowest BCUT2D eigenvalue weighted by atomic mass is 10.0. The Morgan fingerprint density at radius 3 is 1.70 bits per heavy atom. The molecule has 0 fully saturated rings. The molecule has 0 aliphatic rings. The first-order chi connectivity index (χ1) is 18.2. The average Bonchev–Trinajstić information content (AvgIpc) is 3.57. The van der Waals surface area contributed by atoms with E-state index in [9.17, 15) is 0 Å². The molecule has 7 rings (SSSR count). The van der Waals surface area contributed by atoms with Crippen molar-refractivity contribution < 1.29 is 0 Å². The first kappa shape index (κ1) is 22.5. The summed E-state index contributed by atoms with van der Waals surface area (Å²) in [5, 5.41) is 2.57. The maximum absolute atomic E-state index is 2.41. The molecule has 2 heterocycles. The normalized spacial score (nSPS) is 11.4. The summed E-state index contributed by atoms with van der Waals surface area (Å²) in [6.45, 7) is 0. The van der Waals surface area contributed by atoms with Gasteiger partial charge in [-0.2, -0.15) is 0 Å². The molecule has 5 aromatic carbocycles. The zero-order chi connectivity index (χ0) is 24.8. The smallest absolute Gasteiger partial charge is 0.0541 e. The van der Waals surface area contributed by atoms with E-state index < -0.39 is 0 Å². The molecule has 1 nitrogen and oxygen atoms in total. The van der Waals surface area contributed by atoms with Crippen LogP contribution in [-0.2, 0) is 0 Å². The Kier molecular flexibility index (Phi) is 5.68. The van der Waals surface area contributed by atoms with Crippen LogP contribution >= 0.6 is 33.9 Å². The third kappa shape index (κ3) is 4.08. The molecule has 2 aromatic heterocycles. The topological polar surface area (TPSA) is 4.93 Å². The standard InChI is InChI=1S/C34H22INS/c35-27-16-18-32-30(22-27)29-21-26(15-17-31(29)36(32)28-9-5-2-6-10-28)23-11-13-25(14-12-23)34-20-19-33(37-34)24-7-3-1-4-8-24/h1-22H. The fourth-order valence-corrected chi connectivity index (χ4v) is 6.62. The van der Waals surface area contributed by atoms with Crippen molar-refractivity contribution in [3.05, 3.63) is 137 Å². The zero-order valence-corrected chi connectivity index (χ0v) is 22.9. The second-order valence-electron chi connectivity index (χ2n) is 9.17. The summed E-state index contributed by atoms with van der Waals surface area (Å²) >= 11 is 4.25. The molecule has 0 spiro atoms. The summed E-state index contributed by atoms with van der Waals surface area (Å²) in [5.74, 6) is 0. The van der Waals surface area contributed by atoms with Gasteiger partial charge in [0, 0.05) is 29.8 Å². The molecule has 0 saturated heterocycles. The molecule has 37 heavy (non-hydrogen) atoms. The van der Waals surface area contributed by atoms with Crippen molar-refractivity contribution in [2.75, 3.05) is 0 Å². The highest BCUT2D eigenvalue weighted by Gasteiger charge is 2.14. The summed E-state index contributed by atoms with van der Waals surface area (Å²) < 4.78 is 3.62. The Hall–Kier alpha value is -3.67. The van der Waals surface area contributed by atoms with E-state index in [1.165, 1.54) is 63.1 Å². The lowest BCUT2D eigenvalue weighted by Gasteiger charge is -2.08. The third-order valence-corrected chi connectivity index (χ3v) is 8.76. The summed E-state index contributed by atoms with van der Waals surface area (Å²) in [7, 11) is 0. The number of rotatable bonds is 4. The van der Waals surface area contributed by atoms with Crippen molar-refractivity contribution in [1.82, 2.24) is 4.57 Å². The van der Waals surface area contributed by atoms with E-state index in [0.29, 0.717) is 0 Å². The lowest BCUT2D eigenvalue weighted by Crippen LogP contribution is -1.93. The first-order valence-electron chi connectivity index (χ1n) is 12.3. The van der Waals surface area contributed by atoms with Gasteiger partial charge in [-0.1, -0.05) is 78.9 Å². The quantitative estimate of drug-likeness (QED) is 0.177. The minimum atomic E-state index is 1.19. The van der Waals surface area contributed by atoms with Crippen molar-refractivity contribution in [1.29, 1.82) is 0 Å². The Labute approximate surface area is 233 Å². The molecular weight excluding hydrogens is 581 g/mol. The van der Waals surface area contributed by atoms with Gasteiger partial charge in [0.25, 0.3) is 0 Å². The Morgan fingerprint density at radius 1 is 0.459 bits per heavy atom. The van der Waals surface area contributed by atoms with E-state index in [0.717, 1.165) is 0 Å². The molecule has 0 bridgehead atoms. The van der Waals surface area contributed by atoms with Crippen molar-refractivity contribution in [3.8, 4) is 37.7 Å². The van der Waals surface area contributed by atoms with Crippen LogP contribution in [0.1, 0.15) is 0 Å². The highest BCUT2D eigenvalue weighted by molar-refractivity contribution is 14.1. The predicted octanol–water partition coefficient (Wildman–Crippen LogP) is 10.5. The molecule has 0 amide bonds. The number of nitrogens with zero attached hydrogens (tertiary/aromatic N) is 1.